The highest BCUT2D eigenvalue weighted by Gasteiger charge is 2.25. The minimum atomic E-state index is -0.187. The Hall–Kier alpha value is -1.03. The molecule has 2 rings (SSSR count). The summed E-state index contributed by atoms with van der Waals surface area (Å²) in [7, 11) is 0. The maximum Gasteiger partial charge on any atom is 0.273 e. The summed E-state index contributed by atoms with van der Waals surface area (Å²) in [6, 6.07) is 1.63. The van der Waals surface area contributed by atoms with Crippen LogP contribution in [0, 0.1) is 12.8 Å². The van der Waals surface area contributed by atoms with Crippen molar-refractivity contribution in [1.82, 2.24) is 10.5 Å². The van der Waals surface area contributed by atoms with E-state index in [9.17, 15) is 4.79 Å². The zero-order valence-electron chi connectivity index (χ0n) is 9.20. The number of rotatable bonds is 3. The molecule has 0 saturated heterocycles. The van der Waals surface area contributed by atoms with Crippen LogP contribution < -0.4 is 5.32 Å². The van der Waals surface area contributed by atoms with Crippen molar-refractivity contribution >= 4 is 17.5 Å². The predicted molar refractivity (Wildman–Crippen MR) is 60.6 cm³/mol. The van der Waals surface area contributed by atoms with Gasteiger partial charge in [-0.3, -0.25) is 4.79 Å². The lowest BCUT2D eigenvalue weighted by atomic mass is 10.1. The average Bonchev–Trinajstić information content (AvgIpc) is 2.84. The van der Waals surface area contributed by atoms with Crippen LogP contribution in [0.25, 0.3) is 0 Å². The number of aryl methyl sites for hydroxylation is 1. The smallest absolute Gasteiger partial charge is 0.273 e. The Labute approximate surface area is 99.3 Å². The number of halogens is 1. The minimum Gasteiger partial charge on any atom is -0.361 e. The van der Waals surface area contributed by atoms with E-state index < -0.39 is 0 Å². The Balaban J connectivity index is 1.84. The van der Waals surface area contributed by atoms with Crippen LogP contribution in [0.4, 0.5) is 0 Å². The maximum absolute atomic E-state index is 11.6. The highest BCUT2D eigenvalue weighted by Crippen LogP contribution is 2.29. The Morgan fingerprint density at radius 3 is 3.06 bits per heavy atom. The molecule has 0 bridgehead atoms. The van der Waals surface area contributed by atoms with E-state index in [1.54, 1.807) is 13.0 Å². The molecule has 1 N–H and O–H groups in total. The van der Waals surface area contributed by atoms with Crippen LogP contribution in [-0.2, 0) is 0 Å². The van der Waals surface area contributed by atoms with Crippen LogP contribution in [0.3, 0.4) is 0 Å². The van der Waals surface area contributed by atoms with Gasteiger partial charge in [0.15, 0.2) is 5.69 Å². The molecule has 1 aromatic rings. The van der Waals surface area contributed by atoms with Crippen LogP contribution in [0.1, 0.15) is 35.5 Å². The molecule has 88 valence electrons. The van der Waals surface area contributed by atoms with E-state index >= 15 is 0 Å². The first-order chi connectivity index (χ1) is 7.66. The lowest BCUT2D eigenvalue weighted by Gasteiger charge is -2.13. The summed E-state index contributed by atoms with van der Waals surface area (Å²) in [6.07, 6.45) is 3.29. The molecule has 16 heavy (non-hydrogen) atoms. The summed E-state index contributed by atoms with van der Waals surface area (Å²) in [5, 5.41) is 6.69. The Bertz CT molecular complexity index is 378. The van der Waals surface area contributed by atoms with Crippen LogP contribution in [0.15, 0.2) is 10.6 Å². The molecule has 1 fully saturated rings. The molecule has 1 amide bonds. The van der Waals surface area contributed by atoms with E-state index in [1.165, 1.54) is 0 Å². The fraction of sp³-hybridized carbons (Fsp3) is 0.636. The van der Waals surface area contributed by atoms with Gasteiger partial charge in [0.2, 0.25) is 0 Å². The van der Waals surface area contributed by atoms with Crippen molar-refractivity contribution < 1.29 is 9.32 Å². The predicted octanol–water partition coefficient (Wildman–Crippen LogP) is 2.12. The van der Waals surface area contributed by atoms with Gasteiger partial charge in [0.1, 0.15) is 5.76 Å². The molecule has 0 aromatic carbocycles. The highest BCUT2D eigenvalue weighted by atomic mass is 35.5. The molecule has 0 radical (unpaired) electrons. The molecular weight excluding hydrogens is 228 g/mol. The number of nitrogens with one attached hydrogen (secondary N) is 1. The number of amides is 1. The molecule has 1 aliphatic carbocycles. The van der Waals surface area contributed by atoms with Crippen molar-refractivity contribution in [2.75, 3.05) is 6.54 Å². The molecule has 1 aliphatic rings. The summed E-state index contributed by atoms with van der Waals surface area (Å²) < 4.78 is 4.84. The Morgan fingerprint density at radius 1 is 1.69 bits per heavy atom. The maximum atomic E-state index is 11.6. The first-order valence-electron chi connectivity index (χ1n) is 5.52. The first-order valence-corrected chi connectivity index (χ1v) is 5.96. The minimum absolute atomic E-state index is 0.187. The van der Waals surface area contributed by atoms with Crippen molar-refractivity contribution in [1.29, 1.82) is 0 Å². The summed E-state index contributed by atoms with van der Waals surface area (Å²) in [5.41, 5.74) is 0.335. The van der Waals surface area contributed by atoms with E-state index in [0.717, 1.165) is 19.3 Å². The summed E-state index contributed by atoms with van der Waals surface area (Å²) in [5.74, 6) is 0.840. The van der Waals surface area contributed by atoms with Gasteiger partial charge in [0.25, 0.3) is 5.91 Å². The number of alkyl halides is 1. The topological polar surface area (TPSA) is 55.1 Å². The standard InChI is InChI=1S/C11H15ClN2O2/c1-7-5-10(14-16-7)11(15)13-6-8-3-2-4-9(8)12/h5,8-9H,2-4,6H2,1H3,(H,13,15). The molecule has 0 aliphatic heterocycles. The number of hydrogen-bond donors (Lipinski definition) is 1. The molecule has 2 unspecified atom stereocenters. The average molecular weight is 243 g/mol. The molecular formula is C11H15ClN2O2. The van der Waals surface area contributed by atoms with Crippen LogP contribution in [0.2, 0.25) is 0 Å². The molecule has 0 spiro atoms. The van der Waals surface area contributed by atoms with Gasteiger partial charge in [0.05, 0.1) is 0 Å². The van der Waals surface area contributed by atoms with Crippen molar-refractivity contribution in [3.8, 4) is 0 Å². The summed E-state index contributed by atoms with van der Waals surface area (Å²) >= 11 is 6.13. The number of carbonyl (C=O) groups excluding carboxylic acids is 1. The zero-order chi connectivity index (χ0) is 11.5. The first kappa shape index (κ1) is 11.5. The fourth-order valence-electron chi connectivity index (χ4n) is 2.01. The van der Waals surface area contributed by atoms with E-state index in [1.807, 2.05) is 0 Å². The van der Waals surface area contributed by atoms with E-state index in [-0.39, 0.29) is 11.3 Å². The lowest BCUT2D eigenvalue weighted by molar-refractivity contribution is 0.0938. The van der Waals surface area contributed by atoms with Gasteiger partial charge in [0, 0.05) is 18.0 Å². The Morgan fingerprint density at radius 2 is 2.50 bits per heavy atom. The number of carbonyl (C=O) groups is 1. The van der Waals surface area contributed by atoms with Crippen LogP contribution in [-0.4, -0.2) is 23.0 Å². The monoisotopic (exact) mass is 242 g/mol. The van der Waals surface area contributed by atoms with Gasteiger partial charge in [-0.05, 0) is 25.7 Å². The molecule has 1 aromatic heterocycles. The van der Waals surface area contributed by atoms with Crippen molar-refractivity contribution in [2.24, 2.45) is 5.92 Å². The summed E-state index contributed by atoms with van der Waals surface area (Å²) in [4.78, 5) is 11.6. The zero-order valence-corrected chi connectivity index (χ0v) is 9.96. The third kappa shape index (κ3) is 2.55. The Kier molecular flexibility index (Phi) is 3.49. The van der Waals surface area contributed by atoms with Crippen LogP contribution in [0.5, 0.6) is 0 Å². The second-order valence-corrected chi connectivity index (χ2v) is 4.80. The van der Waals surface area contributed by atoms with Crippen molar-refractivity contribution in [2.45, 2.75) is 31.6 Å². The van der Waals surface area contributed by atoms with Crippen molar-refractivity contribution in [3.63, 3.8) is 0 Å². The molecule has 1 heterocycles. The van der Waals surface area contributed by atoms with Gasteiger partial charge >= 0.3 is 0 Å². The number of aromatic nitrogens is 1. The van der Waals surface area contributed by atoms with Crippen molar-refractivity contribution in [3.05, 3.63) is 17.5 Å². The van der Waals surface area contributed by atoms with Gasteiger partial charge in [-0.15, -0.1) is 11.6 Å². The number of hydrogen-bond acceptors (Lipinski definition) is 3. The normalized spacial score (nSPS) is 24.6. The van der Waals surface area contributed by atoms with Gasteiger partial charge in [-0.1, -0.05) is 11.6 Å². The van der Waals surface area contributed by atoms with Gasteiger partial charge < -0.3 is 9.84 Å². The largest absolute Gasteiger partial charge is 0.361 e. The molecule has 2 atom stereocenters. The molecule has 5 heteroatoms. The second kappa shape index (κ2) is 4.87. The van der Waals surface area contributed by atoms with E-state index in [2.05, 4.69) is 10.5 Å². The van der Waals surface area contributed by atoms with E-state index in [4.69, 9.17) is 16.1 Å². The SMILES string of the molecule is Cc1cc(C(=O)NCC2CCCC2Cl)no1. The fourth-order valence-corrected chi connectivity index (χ4v) is 2.38. The van der Waals surface area contributed by atoms with E-state index in [0.29, 0.717) is 23.9 Å². The molecule has 4 nitrogen and oxygen atoms in total. The second-order valence-electron chi connectivity index (χ2n) is 4.24. The van der Waals surface area contributed by atoms with Gasteiger partial charge in [-0.2, -0.15) is 0 Å². The highest BCUT2D eigenvalue weighted by molar-refractivity contribution is 6.21. The quantitative estimate of drug-likeness (QED) is 0.826. The summed E-state index contributed by atoms with van der Waals surface area (Å²) in [6.45, 7) is 2.38. The third-order valence-corrected chi connectivity index (χ3v) is 3.53. The molecule has 1 saturated carbocycles. The number of nitrogens with zero attached hydrogens (tertiary/aromatic N) is 1. The lowest BCUT2D eigenvalue weighted by Crippen LogP contribution is -2.31. The van der Waals surface area contributed by atoms with Gasteiger partial charge in [-0.25, -0.2) is 0 Å². The third-order valence-electron chi connectivity index (χ3n) is 2.95. The van der Waals surface area contributed by atoms with Crippen LogP contribution >= 0.6 is 11.6 Å².